The van der Waals surface area contributed by atoms with Crippen LogP contribution >= 0.6 is 27.3 Å². The molecule has 106 valence electrons. The van der Waals surface area contributed by atoms with Crippen LogP contribution in [0.5, 0.6) is 0 Å². The summed E-state index contributed by atoms with van der Waals surface area (Å²) in [7, 11) is 0. The minimum atomic E-state index is -0.148. The molecule has 6 heteroatoms. The van der Waals surface area contributed by atoms with E-state index in [0.29, 0.717) is 17.9 Å². The van der Waals surface area contributed by atoms with E-state index in [4.69, 9.17) is 5.73 Å². The predicted octanol–water partition coefficient (Wildman–Crippen LogP) is 3.57. The maximum Gasteiger partial charge on any atom is 0.252 e. The largest absolute Gasteiger partial charge is 0.384 e. The van der Waals surface area contributed by atoms with Crippen molar-refractivity contribution in [1.29, 1.82) is 0 Å². The van der Waals surface area contributed by atoms with Crippen LogP contribution in [0.2, 0.25) is 0 Å². The topological polar surface area (TPSA) is 68.0 Å². The van der Waals surface area contributed by atoms with Crippen molar-refractivity contribution in [3.63, 3.8) is 0 Å². The molecule has 3 rings (SSSR count). The smallest absolute Gasteiger partial charge is 0.252 e. The molecule has 1 amide bonds. The van der Waals surface area contributed by atoms with Crippen LogP contribution in [0.3, 0.4) is 0 Å². The molecular weight excluding hydrogens is 350 g/mol. The Bertz CT molecular complexity index is 816. The van der Waals surface area contributed by atoms with Gasteiger partial charge in [-0.2, -0.15) is 0 Å². The van der Waals surface area contributed by atoms with Gasteiger partial charge in [-0.1, -0.05) is 18.2 Å². The summed E-state index contributed by atoms with van der Waals surface area (Å²) in [5.74, 6) is 0.197. The highest BCUT2D eigenvalue weighted by atomic mass is 79.9. The van der Waals surface area contributed by atoms with Gasteiger partial charge in [0.2, 0.25) is 0 Å². The van der Waals surface area contributed by atoms with Crippen LogP contribution in [0.1, 0.15) is 15.2 Å². The lowest BCUT2D eigenvalue weighted by Gasteiger charge is -2.08. The highest BCUT2D eigenvalue weighted by Crippen LogP contribution is 2.21. The first-order valence-electron chi connectivity index (χ1n) is 6.30. The van der Waals surface area contributed by atoms with Crippen LogP contribution in [-0.4, -0.2) is 10.9 Å². The fraction of sp³-hybridized carbons (Fsp3) is 0.0667. The average molecular weight is 362 g/mol. The van der Waals surface area contributed by atoms with Crippen molar-refractivity contribution < 1.29 is 4.79 Å². The Hall–Kier alpha value is -1.92. The second-order valence-electron chi connectivity index (χ2n) is 4.53. The molecule has 0 aliphatic heterocycles. The van der Waals surface area contributed by atoms with Gasteiger partial charge in [-0.15, -0.1) is 11.3 Å². The number of halogens is 1. The maximum absolute atomic E-state index is 12.4. The molecule has 21 heavy (non-hydrogen) atoms. The molecule has 2 aromatic heterocycles. The fourth-order valence-electron chi connectivity index (χ4n) is 2.09. The Labute approximate surface area is 134 Å². The van der Waals surface area contributed by atoms with Gasteiger partial charge in [-0.3, -0.25) is 4.79 Å². The van der Waals surface area contributed by atoms with Crippen molar-refractivity contribution in [2.24, 2.45) is 0 Å². The lowest BCUT2D eigenvalue weighted by molar-refractivity contribution is 0.0953. The van der Waals surface area contributed by atoms with E-state index in [-0.39, 0.29) is 5.91 Å². The summed E-state index contributed by atoms with van der Waals surface area (Å²) in [6, 6.07) is 11.1. The van der Waals surface area contributed by atoms with E-state index in [0.717, 1.165) is 20.3 Å². The third-order valence-electron chi connectivity index (χ3n) is 3.03. The van der Waals surface area contributed by atoms with E-state index < -0.39 is 0 Å². The molecule has 0 saturated heterocycles. The zero-order valence-corrected chi connectivity index (χ0v) is 13.4. The Balaban J connectivity index is 1.87. The number of thiophene rings is 1. The number of nitrogen functional groups attached to an aromatic ring is 1. The van der Waals surface area contributed by atoms with Crippen molar-refractivity contribution in [1.82, 2.24) is 10.3 Å². The fourth-order valence-corrected chi connectivity index (χ4v) is 3.48. The number of nitrogens with one attached hydrogen (secondary N) is 1. The van der Waals surface area contributed by atoms with E-state index in [1.165, 1.54) is 0 Å². The van der Waals surface area contributed by atoms with Crippen molar-refractivity contribution in [3.8, 4) is 0 Å². The number of benzene rings is 1. The molecule has 0 spiro atoms. The van der Waals surface area contributed by atoms with Gasteiger partial charge in [0.15, 0.2) is 0 Å². The minimum Gasteiger partial charge on any atom is -0.384 e. The number of aromatic nitrogens is 1. The number of carbonyl (C=O) groups is 1. The van der Waals surface area contributed by atoms with Crippen LogP contribution in [0.4, 0.5) is 5.82 Å². The molecule has 0 radical (unpaired) electrons. The first-order chi connectivity index (χ1) is 10.1. The number of nitrogens with two attached hydrogens (primary N) is 1. The van der Waals surface area contributed by atoms with Crippen molar-refractivity contribution in [3.05, 3.63) is 56.7 Å². The number of para-hydroxylation sites is 1. The third kappa shape index (κ3) is 3.06. The van der Waals surface area contributed by atoms with Crippen LogP contribution in [0, 0.1) is 0 Å². The summed E-state index contributed by atoms with van der Waals surface area (Å²) in [6.07, 6.45) is 0. The number of pyridine rings is 1. The van der Waals surface area contributed by atoms with Gasteiger partial charge in [-0.25, -0.2) is 4.98 Å². The van der Waals surface area contributed by atoms with Crippen LogP contribution in [-0.2, 0) is 6.54 Å². The van der Waals surface area contributed by atoms with Gasteiger partial charge in [0, 0.05) is 20.1 Å². The van der Waals surface area contributed by atoms with Crippen LogP contribution < -0.4 is 11.1 Å². The lowest BCUT2D eigenvalue weighted by Crippen LogP contribution is -2.23. The average Bonchev–Trinajstić information content (AvgIpc) is 2.89. The standard InChI is InChI=1S/C15H12BrN3OS/c16-9-5-10(21-8-9)7-18-15(20)12-6-14(17)19-13-4-2-1-3-11(12)13/h1-6,8H,7H2,(H2,17,19)(H,18,20). The number of carbonyl (C=O) groups excluding carboxylic acids is 1. The highest BCUT2D eigenvalue weighted by Gasteiger charge is 2.12. The number of nitrogens with zero attached hydrogens (tertiary/aromatic N) is 1. The Morgan fingerprint density at radius 1 is 1.33 bits per heavy atom. The van der Waals surface area contributed by atoms with Crippen molar-refractivity contribution in [2.75, 3.05) is 5.73 Å². The summed E-state index contributed by atoms with van der Waals surface area (Å²) in [4.78, 5) is 17.7. The monoisotopic (exact) mass is 361 g/mol. The molecule has 0 unspecified atom stereocenters. The normalized spacial score (nSPS) is 10.7. The lowest BCUT2D eigenvalue weighted by atomic mass is 10.1. The molecule has 4 nitrogen and oxygen atoms in total. The molecule has 3 aromatic rings. The zero-order chi connectivity index (χ0) is 14.8. The van der Waals surface area contributed by atoms with Crippen molar-refractivity contribution >= 4 is 49.9 Å². The SMILES string of the molecule is Nc1cc(C(=O)NCc2cc(Br)cs2)c2ccccc2n1. The van der Waals surface area contributed by atoms with Gasteiger partial charge < -0.3 is 11.1 Å². The van der Waals surface area contributed by atoms with Gasteiger partial charge in [0.25, 0.3) is 5.91 Å². The van der Waals surface area contributed by atoms with Gasteiger partial charge >= 0.3 is 0 Å². The maximum atomic E-state index is 12.4. The third-order valence-corrected chi connectivity index (χ3v) is 4.72. The van der Waals surface area contributed by atoms with Crippen molar-refractivity contribution in [2.45, 2.75) is 6.54 Å². The summed E-state index contributed by atoms with van der Waals surface area (Å²) in [6.45, 7) is 0.492. The molecule has 2 heterocycles. The number of anilines is 1. The summed E-state index contributed by atoms with van der Waals surface area (Å²) in [5, 5.41) is 5.71. The van der Waals surface area contributed by atoms with E-state index >= 15 is 0 Å². The van der Waals surface area contributed by atoms with Gasteiger partial charge in [-0.05, 0) is 34.1 Å². The Morgan fingerprint density at radius 3 is 2.90 bits per heavy atom. The number of hydrogen-bond acceptors (Lipinski definition) is 4. The number of hydrogen-bond donors (Lipinski definition) is 2. The number of rotatable bonds is 3. The van der Waals surface area contributed by atoms with Crippen LogP contribution in [0.15, 0.2) is 46.3 Å². The number of amides is 1. The Morgan fingerprint density at radius 2 is 2.14 bits per heavy atom. The second-order valence-corrected chi connectivity index (χ2v) is 6.44. The molecule has 0 aliphatic carbocycles. The van der Waals surface area contributed by atoms with E-state index in [1.807, 2.05) is 35.7 Å². The van der Waals surface area contributed by atoms with E-state index in [1.54, 1.807) is 17.4 Å². The molecule has 1 aromatic carbocycles. The second kappa shape index (κ2) is 5.83. The molecular formula is C15H12BrN3OS. The molecule has 0 fully saturated rings. The number of fused-ring (bicyclic) bond motifs is 1. The zero-order valence-electron chi connectivity index (χ0n) is 11.0. The van der Waals surface area contributed by atoms with Gasteiger partial charge in [0.1, 0.15) is 5.82 Å². The Kier molecular flexibility index (Phi) is 3.90. The molecule has 0 aliphatic rings. The quantitative estimate of drug-likeness (QED) is 0.749. The minimum absolute atomic E-state index is 0.148. The first-order valence-corrected chi connectivity index (χ1v) is 7.97. The van der Waals surface area contributed by atoms with Crippen LogP contribution in [0.25, 0.3) is 10.9 Å². The first kappa shape index (κ1) is 14.0. The summed E-state index contributed by atoms with van der Waals surface area (Å²) in [5.41, 5.74) is 7.05. The van der Waals surface area contributed by atoms with E-state index in [9.17, 15) is 4.79 Å². The molecule has 3 N–H and O–H groups in total. The predicted molar refractivity (Wildman–Crippen MR) is 89.3 cm³/mol. The highest BCUT2D eigenvalue weighted by molar-refractivity contribution is 9.10. The molecule has 0 saturated carbocycles. The summed E-state index contributed by atoms with van der Waals surface area (Å²) >= 11 is 4.99. The van der Waals surface area contributed by atoms with Gasteiger partial charge in [0.05, 0.1) is 17.6 Å². The summed E-state index contributed by atoms with van der Waals surface area (Å²) < 4.78 is 1.02. The van der Waals surface area contributed by atoms with E-state index in [2.05, 4.69) is 26.2 Å². The molecule has 0 atom stereocenters. The molecule has 0 bridgehead atoms.